The Balaban J connectivity index is 0.00000204. The van der Waals surface area contributed by atoms with E-state index in [1.165, 1.54) is 4.90 Å². The highest BCUT2D eigenvalue weighted by atomic mass is 35.5. The van der Waals surface area contributed by atoms with E-state index >= 15 is 0 Å². The highest BCUT2D eigenvalue weighted by molar-refractivity contribution is 6.04. The molecule has 12 heteroatoms. The van der Waals surface area contributed by atoms with Crippen molar-refractivity contribution in [3.8, 4) is 11.1 Å². The number of aliphatic hydroxyl groups excluding tert-OH is 1. The van der Waals surface area contributed by atoms with Gasteiger partial charge in [-0.2, -0.15) is 5.10 Å². The van der Waals surface area contributed by atoms with Crippen molar-refractivity contribution >= 4 is 53.8 Å². The second kappa shape index (κ2) is 11.6. The molecule has 2 atom stereocenters. The molecule has 2 aromatic carbocycles. The van der Waals surface area contributed by atoms with Crippen molar-refractivity contribution in [3.63, 3.8) is 0 Å². The molecule has 0 radical (unpaired) electrons. The first-order chi connectivity index (χ1) is 15.4. The van der Waals surface area contributed by atoms with Gasteiger partial charge in [0.1, 0.15) is 5.84 Å². The Morgan fingerprint density at radius 2 is 1.97 bits per heavy atom. The third kappa shape index (κ3) is 5.72. The average Bonchev–Trinajstić information content (AvgIpc) is 3.34. The van der Waals surface area contributed by atoms with Crippen molar-refractivity contribution < 1.29 is 19.4 Å². The van der Waals surface area contributed by atoms with Crippen LogP contribution in [-0.4, -0.2) is 58.3 Å². The molecule has 2 heterocycles. The topological polar surface area (TPSA) is 157 Å². The Kier molecular flexibility index (Phi) is 9.16. The molecule has 10 nitrogen and oxygen atoms in total. The Morgan fingerprint density at radius 3 is 2.62 bits per heavy atom. The molecular weight excluding hydrogens is 483 g/mol. The fraction of sp³-hybridized carbons (Fsp3) is 0.182. The molecule has 2 amide bonds. The maximum Gasteiger partial charge on any atom is 0.259 e. The zero-order valence-electron chi connectivity index (χ0n) is 17.8. The van der Waals surface area contributed by atoms with Crippen LogP contribution in [0, 0.1) is 5.41 Å². The van der Waals surface area contributed by atoms with E-state index in [0.29, 0.717) is 23.5 Å². The number of carbonyl (C=O) groups excluding carboxylic acids is 2. The van der Waals surface area contributed by atoms with Crippen LogP contribution < -0.4 is 16.0 Å². The van der Waals surface area contributed by atoms with Gasteiger partial charge in [0.2, 0.25) is 0 Å². The summed E-state index contributed by atoms with van der Waals surface area (Å²) in [7, 11) is 0. The van der Waals surface area contributed by atoms with Crippen LogP contribution in [0.5, 0.6) is 0 Å². The second-order valence-electron chi connectivity index (χ2n) is 7.24. The number of aromatic nitrogens is 2. The van der Waals surface area contributed by atoms with Gasteiger partial charge in [0.25, 0.3) is 11.8 Å². The van der Waals surface area contributed by atoms with Crippen LogP contribution in [0.25, 0.3) is 11.1 Å². The number of amidine groups is 1. The molecule has 6 N–H and O–H groups in total. The molecule has 0 unspecified atom stereocenters. The molecular formula is C22H24Cl2N6O4. The molecule has 1 aliphatic heterocycles. The van der Waals surface area contributed by atoms with Gasteiger partial charge in [-0.3, -0.25) is 20.1 Å². The molecule has 0 spiro atoms. The van der Waals surface area contributed by atoms with Crippen molar-refractivity contribution in [3.05, 3.63) is 66.5 Å². The summed E-state index contributed by atoms with van der Waals surface area (Å²) in [6, 6.07) is 13.6. The van der Waals surface area contributed by atoms with Gasteiger partial charge >= 0.3 is 0 Å². The minimum absolute atomic E-state index is 0. The largest absolute Gasteiger partial charge is 0.384 e. The van der Waals surface area contributed by atoms with Crippen LogP contribution in [0.3, 0.4) is 0 Å². The SMILES string of the molecule is Cl.Cl.N=C(N)c1ccc(NC(=O)[C@H](O)[C@H]2OCCN(c3cccc(-c4cn[nH]c4)c3)C2=O)cc1. The van der Waals surface area contributed by atoms with Crippen molar-refractivity contribution in [1.82, 2.24) is 10.2 Å². The van der Waals surface area contributed by atoms with Crippen LogP contribution in [0.1, 0.15) is 5.56 Å². The summed E-state index contributed by atoms with van der Waals surface area (Å²) in [6.07, 6.45) is 0.396. The fourth-order valence-corrected chi connectivity index (χ4v) is 3.44. The number of nitrogens with two attached hydrogens (primary N) is 1. The van der Waals surface area contributed by atoms with E-state index in [0.717, 1.165) is 11.1 Å². The van der Waals surface area contributed by atoms with Crippen molar-refractivity contribution in [1.29, 1.82) is 5.41 Å². The number of nitrogens with one attached hydrogen (secondary N) is 3. The number of rotatable bonds is 6. The van der Waals surface area contributed by atoms with Crippen molar-refractivity contribution in [2.75, 3.05) is 23.4 Å². The van der Waals surface area contributed by atoms with Crippen LogP contribution in [0.4, 0.5) is 11.4 Å². The number of benzene rings is 2. The number of hydrogen-bond acceptors (Lipinski definition) is 6. The van der Waals surface area contributed by atoms with Gasteiger partial charge in [-0.25, -0.2) is 0 Å². The van der Waals surface area contributed by atoms with Crippen LogP contribution in [-0.2, 0) is 14.3 Å². The standard InChI is InChI=1S/C22H22N6O4.2ClH/c23-20(24)13-4-6-16(7-5-13)27-21(30)18(29)19-22(31)28(8-9-32-19)17-3-1-2-14(10-17)15-11-25-26-12-15;;/h1-7,10-12,18-19,29H,8-9H2,(H3,23,24)(H,25,26)(H,27,30);2*1H/t18-,19-;;/m1../s1. The van der Waals surface area contributed by atoms with E-state index in [-0.39, 0.29) is 37.3 Å². The summed E-state index contributed by atoms with van der Waals surface area (Å²) in [5.74, 6) is -1.37. The fourth-order valence-electron chi connectivity index (χ4n) is 3.44. The summed E-state index contributed by atoms with van der Waals surface area (Å²) < 4.78 is 5.45. The summed E-state index contributed by atoms with van der Waals surface area (Å²) in [5.41, 5.74) is 8.70. The zero-order chi connectivity index (χ0) is 22.7. The highest BCUT2D eigenvalue weighted by Crippen LogP contribution is 2.26. The predicted molar refractivity (Wildman–Crippen MR) is 133 cm³/mol. The van der Waals surface area contributed by atoms with Crippen LogP contribution >= 0.6 is 24.8 Å². The number of nitrogens with zero attached hydrogens (tertiary/aromatic N) is 2. The monoisotopic (exact) mass is 506 g/mol. The number of ether oxygens (including phenoxy) is 1. The quantitative estimate of drug-likeness (QED) is 0.254. The minimum Gasteiger partial charge on any atom is -0.384 e. The van der Waals surface area contributed by atoms with E-state index in [1.807, 2.05) is 18.2 Å². The van der Waals surface area contributed by atoms with Gasteiger partial charge < -0.3 is 25.8 Å². The molecule has 4 rings (SSSR count). The maximum atomic E-state index is 13.0. The number of hydrogen-bond donors (Lipinski definition) is 5. The van der Waals surface area contributed by atoms with E-state index < -0.39 is 24.0 Å². The zero-order valence-corrected chi connectivity index (χ0v) is 19.4. The number of nitrogen functional groups attached to an aromatic ring is 1. The van der Waals surface area contributed by atoms with E-state index in [4.69, 9.17) is 15.9 Å². The number of aliphatic hydroxyl groups is 1. The Morgan fingerprint density at radius 1 is 1.24 bits per heavy atom. The van der Waals surface area contributed by atoms with E-state index in [2.05, 4.69) is 15.5 Å². The van der Waals surface area contributed by atoms with Crippen LogP contribution in [0.15, 0.2) is 60.9 Å². The van der Waals surface area contributed by atoms with Gasteiger partial charge in [0, 0.05) is 35.2 Å². The number of anilines is 2. The number of H-pyrrole nitrogens is 1. The lowest BCUT2D eigenvalue weighted by atomic mass is 10.1. The third-order valence-electron chi connectivity index (χ3n) is 5.13. The smallest absolute Gasteiger partial charge is 0.259 e. The highest BCUT2D eigenvalue weighted by Gasteiger charge is 2.39. The lowest BCUT2D eigenvalue weighted by Gasteiger charge is -2.34. The summed E-state index contributed by atoms with van der Waals surface area (Å²) in [5, 5.41) is 27.2. The lowest BCUT2D eigenvalue weighted by Crippen LogP contribution is -2.55. The lowest BCUT2D eigenvalue weighted by molar-refractivity contribution is -0.150. The molecule has 0 bridgehead atoms. The number of morpholine rings is 1. The molecule has 1 aliphatic rings. The molecule has 180 valence electrons. The second-order valence-corrected chi connectivity index (χ2v) is 7.24. The van der Waals surface area contributed by atoms with Gasteiger partial charge in [-0.1, -0.05) is 12.1 Å². The molecule has 1 fully saturated rings. The average molecular weight is 507 g/mol. The first-order valence-electron chi connectivity index (χ1n) is 9.89. The molecule has 34 heavy (non-hydrogen) atoms. The van der Waals surface area contributed by atoms with Gasteiger partial charge in [0.05, 0.1) is 12.8 Å². The molecule has 1 aromatic heterocycles. The first-order valence-corrected chi connectivity index (χ1v) is 9.89. The molecule has 3 aromatic rings. The predicted octanol–water partition coefficient (Wildman–Crippen LogP) is 1.94. The van der Waals surface area contributed by atoms with Crippen molar-refractivity contribution in [2.24, 2.45) is 5.73 Å². The summed E-state index contributed by atoms with van der Waals surface area (Å²) in [4.78, 5) is 27.1. The molecule has 0 saturated carbocycles. The Labute approximate surface area is 207 Å². The van der Waals surface area contributed by atoms with E-state index in [9.17, 15) is 14.7 Å². The number of amides is 2. The summed E-state index contributed by atoms with van der Waals surface area (Å²) >= 11 is 0. The maximum absolute atomic E-state index is 13.0. The third-order valence-corrected chi connectivity index (χ3v) is 5.13. The Bertz CT molecular complexity index is 1140. The van der Waals surface area contributed by atoms with Gasteiger partial charge in [0.15, 0.2) is 12.2 Å². The number of halogens is 2. The van der Waals surface area contributed by atoms with Gasteiger partial charge in [-0.15, -0.1) is 24.8 Å². The van der Waals surface area contributed by atoms with Gasteiger partial charge in [-0.05, 0) is 42.0 Å². The van der Waals surface area contributed by atoms with E-state index in [1.54, 1.807) is 42.7 Å². The number of carbonyl (C=O) groups is 2. The first kappa shape index (κ1) is 26.8. The summed E-state index contributed by atoms with van der Waals surface area (Å²) in [6.45, 7) is 0.467. The normalized spacial score (nSPS) is 16.1. The Hall–Kier alpha value is -3.44. The van der Waals surface area contributed by atoms with Crippen LogP contribution in [0.2, 0.25) is 0 Å². The van der Waals surface area contributed by atoms with Crippen molar-refractivity contribution in [2.45, 2.75) is 12.2 Å². The molecule has 0 aliphatic carbocycles. The molecule has 1 saturated heterocycles. The number of aromatic amines is 1. The minimum atomic E-state index is -1.70.